The third kappa shape index (κ3) is 2.35. The first kappa shape index (κ1) is 14.3. The molecule has 0 heterocycles. The lowest BCUT2D eigenvalue weighted by molar-refractivity contribution is -0.132. The van der Waals surface area contributed by atoms with Gasteiger partial charge in [-0.2, -0.15) is 0 Å². The van der Waals surface area contributed by atoms with Crippen molar-refractivity contribution < 1.29 is 23.9 Å². The van der Waals surface area contributed by atoms with Gasteiger partial charge in [0.25, 0.3) is 0 Å². The van der Waals surface area contributed by atoms with Gasteiger partial charge >= 0.3 is 11.9 Å². The predicted molar refractivity (Wildman–Crippen MR) is 79.2 cm³/mol. The van der Waals surface area contributed by atoms with E-state index in [9.17, 15) is 14.4 Å². The van der Waals surface area contributed by atoms with Gasteiger partial charge in [0.05, 0.1) is 5.39 Å². The van der Waals surface area contributed by atoms with Crippen molar-refractivity contribution in [1.82, 2.24) is 0 Å². The Balaban J connectivity index is 2.35. The van der Waals surface area contributed by atoms with Gasteiger partial charge in [0.2, 0.25) is 0 Å². The molecule has 112 valence electrons. The van der Waals surface area contributed by atoms with Crippen LogP contribution in [0.2, 0.25) is 0 Å². The molecule has 0 aromatic heterocycles. The summed E-state index contributed by atoms with van der Waals surface area (Å²) >= 11 is 0. The fraction of sp³-hybridized carbons (Fsp3) is 0.235. The summed E-state index contributed by atoms with van der Waals surface area (Å²) in [5, 5.41) is 1.24. The number of Topliss-reactive ketones (excluding diaryl/α,β-unsaturated/α-hetero) is 1. The second-order valence-corrected chi connectivity index (χ2v) is 5.20. The number of hydrogen-bond acceptors (Lipinski definition) is 5. The third-order valence-electron chi connectivity index (χ3n) is 3.59. The first-order chi connectivity index (χ1) is 10.5. The average molecular weight is 298 g/mol. The highest BCUT2D eigenvalue weighted by atomic mass is 16.5. The molecular formula is C17H14O5. The fourth-order valence-corrected chi connectivity index (χ4v) is 2.79. The minimum absolute atomic E-state index is 0.0307. The molecule has 0 bridgehead atoms. The predicted octanol–water partition coefficient (Wildman–Crippen LogP) is 2.82. The molecule has 0 fully saturated rings. The highest BCUT2D eigenvalue weighted by molar-refractivity contribution is 6.08. The first-order valence-corrected chi connectivity index (χ1v) is 6.96. The number of ketones is 1. The molecule has 0 saturated heterocycles. The van der Waals surface area contributed by atoms with E-state index < -0.39 is 11.9 Å². The molecule has 5 nitrogen and oxygen atoms in total. The minimum atomic E-state index is -0.480. The molecule has 2 aromatic carbocycles. The van der Waals surface area contributed by atoms with Gasteiger partial charge in [-0.05, 0) is 23.9 Å². The lowest BCUT2D eigenvalue weighted by atomic mass is 10.00. The highest BCUT2D eigenvalue weighted by Gasteiger charge is 2.27. The summed E-state index contributed by atoms with van der Waals surface area (Å²) in [7, 11) is 0. The zero-order valence-electron chi connectivity index (χ0n) is 12.3. The normalized spacial score (nSPS) is 13.1. The summed E-state index contributed by atoms with van der Waals surface area (Å²) in [6.07, 6.45) is 0.907. The van der Waals surface area contributed by atoms with Crippen LogP contribution in [0.4, 0.5) is 0 Å². The van der Waals surface area contributed by atoms with Crippen LogP contribution >= 0.6 is 0 Å². The zero-order chi connectivity index (χ0) is 15.9. The van der Waals surface area contributed by atoms with Crippen molar-refractivity contribution in [3.8, 4) is 11.5 Å². The van der Waals surface area contributed by atoms with E-state index in [2.05, 4.69) is 0 Å². The monoisotopic (exact) mass is 298 g/mol. The summed E-state index contributed by atoms with van der Waals surface area (Å²) in [4.78, 5) is 34.7. The average Bonchev–Trinajstić information content (AvgIpc) is 2.79. The maximum absolute atomic E-state index is 12.0. The van der Waals surface area contributed by atoms with Crippen LogP contribution in [0.25, 0.3) is 10.8 Å². The van der Waals surface area contributed by atoms with Gasteiger partial charge in [-0.15, -0.1) is 0 Å². The molecule has 0 amide bonds. The summed E-state index contributed by atoms with van der Waals surface area (Å²) in [5.74, 6) is -0.265. The molecule has 0 N–H and O–H groups in total. The Hall–Kier alpha value is -2.69. The molecule has 22 heavy (non-hydrogen) atoms. The van der Waals surface area contributed by atoms with E-state index in [1.807, 2.05) is 0 Å². The van der Waals surface area contributed by atoms with Crippen LogP contribution in [0, 0.1) is 0 Å². The molecule has 0 saturated carbocycles. The lowest BCUT2D eigenvalue weighted by Gasteiger charge is -2.14. The maximum atomic E-state index is 12.0. The number of ether oxygens (including phenoxy) is 2. The SMILES string of the molecule is CC(=O)Oc1cccc2cc3c(c(OC(C)=O)c12)CCC3=O. The van der Waals surface area contributed by atoms with E-state index in [0.717, 1.165) is 0 Å². The van der Waals surface area contributed by atoms with Crippen molar-refractivity contribution in [2.75, 3.05) is 0 Å². The van der Waals surface area contributed by atoms with Crippen LogP contribution < -0.4 is 9.47 Å². The second-order valence-electron chi connectivity index (χ2n) is 5.20. The van der Waals surface area contributed by atoms with Gasteiger partial charge in [0, 0.05) is 31.4 Å². The number of rotatable bonds is 2. The minimum Gasteiger partial charge on any atom is -0.426 e. The van der Waals surface area contributed by atoms with Crippen molar-refractivity contribution in [2.24, 2.45) is 0 Å². The highest BCUT2D eigenvalue weighted by Crippen LogP contribution is 2.42. The van der Waals surface area contributed by atoms with Crippen molar-refractivity contribution in [3.63, 3.8) is 0 Å². The molecular weight excluding hydrogens is 284 g/mol. The molecule has 0 spiro atoms. The second kappa shape index (κ2) is 5.26. The number of esters is 2. The quantitative estimate of drug-likeness (QED) is 0.630. The van der Waals surface area contributed by atoms with Crippen LogP contribution in [0.1, 0.15) is 36.2 Å². The topological polar surface area (TPSA) is 69.7 Å². The Labute approximate surface area is 126 Å². The van der Waals surface area contributed by atoms with Crippen molar-refractivity contribution in [3.05, 3.63) is 35.4 Å². The van der Waals surface area contributed by atoms with Gasteiger partial charge in [-0.25, -0.2) is 0 Å². The number of carbonyl (C=O) groups is 3. The van der Waals surface area contributed by atoms with Crippen LogP contribution in [-0.4, -0.2) is 17.7 Å². The molecule has 0 aliphatic heterocycles. The van der Waals surface area contributed by atoms with E-state index in [-0.39, 0.29) is 5.78 Å². The maximum Gasteiger partial charge on any atom is 0.308 e. The summed E-state index contributed by atoms with van der Waals surface area (Å²) < 4.78 is 10.6. The molecule has 0 radical (unpaired) electrons. The van der Waals surface area contributed by atoms with Crippen LogP contribution in [-0.2, 0) is 16.0 Å². The van der Waals surface area contributed by atoms with E-state index in [1.165, 1.54) is 13.8 Å². The van der Waals surface area contributed by atoms with E-state index in [0.29, 0.717) is 46.2 Å². The van der Waals surface area contributed by atoms with Gasteiger partial charge in [0.1, 0.15) is 11.5 Å². The standard InChI is InChI=1S/C17H14O5/c1-9(18)21-15-5-3-4-11-8-13-12(6-7-14(13)20)17(16(11)15)22-10(2)19/h3-5,8H,6-7H2,1-2H3. The Morgan fingerprint density at radius 2 is 1.77 bits per heavy atom. The molecule has 0 unspecified atom stereocenters. The Kier molecular flexibility index (Phi) is 3.41. The van der Waals surface area contributed by atoms with Crippen LogP contribution in [0.5, 0.6) is 11.5 Å². The summed E-state index contributed by atoms with van der Waals surface area (Å²) in [6.45, 7) is 2.61. The number of fused-ring (bicyclic) bond motifs is 2. The zero-order valence-corrected chi connectivity index (χ0v) is 12.3. The largest absolute Gasteiger partial charge is 0.426 e. The van der Waals surface area contributed by atoms with E-state index in [1.54, 1.807) is 24.3 Å². The van der Waals surface area contributed by atoms with Crippen LogP contribution in [0.15, 0.2) is 24.3 Å². The molecule has 3 rings (SSSR count). The van der Waals surface area contributed by atoms with E-state index in [4.69, 9.17) is 9.47 Å². The molecule has 1 aliphatic carbocycles. The van der Waals surface area contributed by atoms with Gasteiger partial charge in [-0.3, -0.25) is 14.4 Å². The van der Waals surface area contributed by atoms with Crippen LogP contribution in [0.3, 0.4) is 0 Å². The summed E-state index contributed by atoms with van der Waals surface area (Å²) in [5.41, 5.74) is 1.27. The molecule has 1 aliphatic rings. The van der Waals surface area contributed by atoms with Gasteiger partial charge in [0.15, 0.2) is 5.78 Å². The number of carbonyl (C=O) groups excluding carboxylic acids is 3. The molecule has 0 atom stereocenters. The fourth-order valence-electron chi connectivity index (χ4n) is 2.79. The molecule has 2 aromatic rings. The number of hydrogen-bond donors (Lipinski definition) is 0. The first-order valence-electron chi connectivity index (χ1n) is 6.96. The van der Waals surface area contributed by atoms with Crippen molar-refractivity contribution in [2.45, 2.75) is 26.7 Å². The Morgan fingerprint density at radius 1 is 1.05 bits per heavy atom. The van der Waals surface area contributed by atoms with Crippen molar-refractivity contribution in [1.29, 1.82) is 0 Å². The van der Waals surface area contributed by atoms with Gasteiger partial charge < -0.3 is 9.47 Å². The van der Waals surface area contributed by atoms with Gasteiger partial charge in [-0.1, -0.05) is 12.1 Å². The smallest absolute Gasteiger partial charge is 0.308 e. The summed E-state index contributed by atoms with van der Waals surface area (Å²) in [6, 6.07) is 6.92. The lowest BCUT2D eigenvalue weighted by Crippen LogP contribution is -2.07. The Bertz CT molecular complexity index is 819. The number of benzene rings is 2. The molecule has 5 heteroatoms. The van der Waals surface area contributed by atoms with Crippen molar-refractivity contribution >= 4 is 28.5 Å². The van der Waals surface area contributed by atoms with E-state index >= 15 is 0 Å². The third-order valence-corrected chi connectivity index (χ3v) is 3.59. The Morgan fingerprint density at radius 3 is 2.45 bits per heavy atom.